The van der Waals surface area contributed by atoms with E-state index in [1.807, 2.05) is 0 Å². The van der Waals surface area contributed by atoms with Gasteiger partial charge in [0, 0.05) is 5.02 Å². The zero-order valence-electron chi connectivity index (χ0n) is 9.87. The summed E-state index contributed by atoms with van der Waals surface area (Å²) in [5.74, 6) is -1.95. The van der Waals surface area contributed by atoms with Crippen molar-refractivity contribution < 1.29 is 17.2 Å². The summed E-state index contributed by atoms with van der Waals surface area (Å²) in [6.07, 6.45) is 1.94. The Labute approximate surface area is 124 Å². The fourth-order valence-corrected chi connectivity index (χ4v) is 6.23. The van der Waals surface area contributed by atoms with Crippen molar-refractivity contribution in [1.29, 1.82) is 0 Å². The molecule has 1 heterocycles. The van der Waals surface area contributed by atoms with Crippen molar-refractivity contribution in [3.8, 4) is 0 Å². The van der Waals surface area contributed by atoms with E-state index in [0.29, 0.717) is 12.8 Å². The van der Waals surface area contributed by atoms with Gasteiger partial charge in [-0.3, -0.25) is 0 Å². The van der Waals surface area contributed by atoms with Gasteiger partial charge < -0.3 is 0 Å². The molecule has 2 atom stereocenters. The minimum Gasteiger partial charge on any atom is -0.228 e. The summed E-state index contributed by atoms with van der Waals surface area (Å²) in [4.78, 5) is -0.625. The molecular weight excluding hydrogens is 362 g/mol. The van der Waals surface area contributed by atoms with Crippen LogP contribution >= 0.6 is 27.5 Å². The molecule has 0 aromatic heterocycles. The Hall–Kier alpha value is -0.200. The molecule has 19 heavy (non-hydrogen) atoms. The lowest BCUT2D eigenvalue weighted by Crippen LogP contribution is -2.31. The molecule has 0 spiro atoms. The van der Waals surface area contributed by atoms with Crippen LogP contribution in [0.2, 0.25) is 5.02 Å². The van der Waals surface area contributed by atoms with Gasteiger partial charge in [-0.15, -0.1) is 0 Å². The lowest BCUT2D eigenvalue weighted by atomic mass is 10.0. The lowest BCUT2D eigenvalue weighted by Gasteiger charge is -2.27. The average Bonchev–Trinajstić information content (AvgIpc) is 2.32. The molecule has 0 amide bonds. The van der Waals surface area contributed by atoms with Gasteiger partial charge in [0.15, 0.2) is 21.5 Å². The summed E-state index contributed by atoms with van der Waals surface area (Å²) in [5.41, 5.74) is 0.274. The second-order valence-electron chi connectivity index (χ2n) is 4.59. The molecule has 1 saturated heterocycles. The largest absolute Gasteiger partial charge is 0.228 e. The van der Waals surface area contributed by atoms with Crippen molar-refractivity contribution in [2.24, 2.45) is 0 Å². The van der Waals surface area contributed by atoms with Gasteiger partial charge in [-0.25, -0.2) is 17.2 Å². The van der Waals surface area contributed by atoms with Crippen molar-refractivity contribution in [2.75, 3.05) is 5.75 Å². The monoisotopic (exact) mass is 372 g/mol. The van der Waals surface area contributed by atoms with Gasteiger partial charge >= 0.3 is 0 Å². The van der Waals surface area contributed by atoms with Gasteiger partial charge in [0.25, 0.3) is 0 Å². The summed E-state index contributed by atoms with van der Waals surface area (Å²) in [7, 11) is -3.23. The van der Waals surface area contributed by atoms with Gasteiger partial charge in [0.2, 0.25) is 0 Å². The Morgan fingerprint density at radius 3 is 2.53 bits per heavy atom. The van der Waals surface area contributed by atoms with E-state index in [1.54, 1.807) is 0 Å². The molecule has 1 aliphatic heterocycles. The molecule has 7 heteroatoms. The molecule has 0 aliphatic carbocycles. The highest BCUT2D eigenvalue weighted by molar-refractivity contribution is 9.09. The number of rotatable bonds is 2. The Balaban J connectivity index is 2.39. The van der Waals surface area contributed by atoms with E-state index in [9.17, 15) is 17.2 Å². The van der Waals surface area contributed by atoms with Crippen LogP contribution in [0.3, 0.4) is 0 Å². The topological polar surface area (TPSA) is 34.1 Å². The molecule has 0 saturated carbocycles. The third-order valence-electron chi connectivity index (χ3n) is 3.29. The second-order valence-corrected chi connectivity index (χ2v) is 8.32. The molecule has 0 N–H and O–H groups in total. The minimum absolute atomic E-state index is 0.0292. The first-order valence-corrected chi connectivity index (χ1v) is 8.84. The number of alkyl halides is 1. The van der Waals surface area contributed by atoms with Gasteiger partial charge in [-0.2, -0.15) is 0 Å². The molecule has 1 fully saturated rings. The SMILES string of the molecule is O=S1(=O)CCCCC1C(Br)c1cc(F)c(F)cc1Cl. The van der Waals surface area contributed by atoms with Crippen molar-refractivity contribution >= 4 is 37.4 Å². The highest BCUT2D eigenvalue weighted by atomic mass is 79.9. The fourth-order valence-electron chi connectivity index (χ4n) is 2.26. The second kappa shape index (κ2) is 5.66. The van der Waals surface area contributed by atoms with E-state index >= 15 is 0 Å². The molecule has 1 aromatic carbocycles. The van der Waals surface area contributed by atoms with Gasteiger partial charge in [-0.05, 0) is 30.5 Å². The first-order valence-electron chi connectivity index (χ1n) is 5.83. The number of hydrogen-bond acceptors (Lipinski definition) is 2. The van der Waals surface area contributed by atoms with Crippen molar-refractivity contribution in [2.45, 2.75) is 29.3 Å². The standard InChI is InChI=1S/C12H12BrClF2O2S/c13-12(11-3-1-2-4-19(11,17)18)7-5-9(15)10(16)6-8(7)14/h5-6,11-12H,1-4H2. The van der Waals surface area contributed by atoms with Crippen LogP contribution < -0.4 is 0 Å². The zero-order chi connectivity index (χ0) is 14.2. The predicted molar refractivity (Wildman–Crippen MR) is 74.5 cm³/mol. The molecule has 2 unspecified atom stereocenters. The van der Waals surface area contributed by atoms with Crippen LogP contribution in [0.5, 0.6) is 0 Å². The highest BCUT2D eigenvalue weighted by Gasteiger charge is 2.36. The van der Waals surface area contributed by atoms with E-state index < -0.39 is 31.5 Å². The first kappa shape index (κ1) is 15.2. The van der Waals surface area contributed by atoms with Crippen molar-refractivity contribution in [3.05, 3.63) is 34.4 Å². The summed E-state index contributed by atoms with van der Waals surface area (Å²) in [6.45, 7) is 0. The summed E-state index contributed by atoms with van der Waals surface area (Å²) in [6, 6.07) is 1.83. The molecule has 2 nitrogen and oxygen atoms in total. The van der Waals surface area contributed by atoms with Crippen LogP contribution in [0.25, 0.3) is 0 Å². The summed E-state index contributed by atoms with van der Waals surface area (Å²) >= 11 is 9.16. The molecule has 1 aromatic rings. The third kappa shape index (κ3) is 3.11. The maximum Gasteiger partial charge on any atom is 0.160 e. The lowest BCUT2D eigenvalue weighted by molar-refractivity contribution is 0.505. The maximum atomic E-state index is 13.3. The molecule has 106 valence electrons. The number of benzene rings is 1. The van der Waals surface area contributed by atoms with E-state index in [1.165, 1.54) is 0 Å². The zero-order valence-corrected chi connectivity index (χ0v) is 13.0. The highest BCUT2D eigenvalue weighted by Crippen LogP contribution is 2.40. The van der Waals surface area contributed by atoms with Crippen LogP contribution in [0.1, 0.15) is 29.7 Å². The Bertz CT molecular complexity index is 592. The van der Waals surface area contributed by atoms with Crippen LogP contribution in [-0.2, 0) is 9.84 Å². The quantitative estimate of drug-likeness (QED) is 0.579. The molecular formula is C12H12BrClF2O2S. The maximum absolute atomic E-state index is 13.3. The van der Waals surface area contributed by atoms with Crippen LogP contribution in [0.15, 0.2) is 12.1 Å². The average molecular weight is 374 g/mol. The van der Waals surface area contributed by atoms with Gasteiger partial charge in [-0.1, -0.05) is 34.0 Å². The Kier molecular flexibility index (Phi) is 4.52. The number of hydrogen-bond donors (Lipinski definition) is 0. The number of sulfone groups is 1. The molecule has 0 radical (unpaired) electrons. The molecule has 2 rings (SSSR count). The van der Waals surface area contributed by atoms with E-state index in [-0.39, 0.29) is 16.3 Å². The predicted octanol–water partition coefficient (Wildman–Crippen LogP) is 4.02. The Morgan fingerprint density at radius 1 is 1.26 bits per heavy atom. The summed E-state index contributed by atoms with van der Waals surface area (Å²) in [5, 5.41) is -0.620. The van der Waals surface area contributed by atoms with Gasteiger partial charge in [0.05, 0.1) is 15.8 Å². The number of halogens is 4. The van der Waals surface area contributed by atoms with Crippen molar-refractivity contribution in [1.82, 2.24) is 0 Å². The smallest absolute Gasteiger partial charge is 0.160 e. The van der Waals surface area contributed by atoms with Crippen molar-refractivity contribution in [3.63, 3.8) is 0 Å². The third-order valence-corrected chi connectivity index (χ3v) is 7.39. The van der Waals surface area contributed by atoms with E-state index in [2.05, 4.69) is 15.9 Å². The van der Waals surface area contributed by atoms with E-state index in [4.69, 9.17) is 11.6 Å². The fraction of sp³-hybridized carbons (Fsp3) is 0.500. The van der Waals surface area contributed by atoms with Crippen LogP contribution in [0, 0.1) is 11.6 Å². The normalized spacial score (nSPS) is 24.1. The minimum atomic E-state index is -3.23. The van der Waals surface area contributed by atoms with Crippen LogP contribution in [-0.4, -0.2) is 19.4 Å². The molecule has 0 bridgehead atoms. The van der Waals surface area contributed by atoms with Crippen LogP contribution in [0.4, 0.5) is 8.78 Å². The van der Waals surface area contributed by atoms with Gasteiger partial charge in [0.1, 0.15) is 0 Å². The van der Waals surface area contributed by atoms with E-state index in [0.717, 1.165) is 18.6 Å². The first-order chi connectivity index (χ1) is 8.83. The summed E-state index contributed by atoms with van der Waals surface area (Å²) < 4.78 is 50.3. The molecule has 1 aliphatic rings. The Morgan fingerprint density at radius 2 is 1.89 bits per heavy atom.